The zero-order valence-corrected chi connectivity index (χ0v) is 17.8. The van der Waals surface area contributed by atoms with Crippen molar-refractivity contribution in [2.75, 3.05) is 31.2 Å². The van der Waals surface area contributed by atoms with Crippen LogP contribution in [0.1, 0.15) is 33.6 Å². The predicted octanol–water partition coefficient (Wildman–Crippen LogP) is 2.24. The number of hydrogen-bond donors (Lipinski definition) is 1. The van der Waals surface area contributed by atoms with Crippen molar-refractivity contribution in [1.29, 1.82) is 0 Å². The van der Waals surface area contributed by atoms with Crippen LogP contribution in [0.3, 0.4) is 0 Å². The molecule has 0 radical (unpaired) electrons. The van der Waals surface area contributed by atoms with Crippen LogP contribution in [0.25, 0.3) is 0 Å². The number of rotatable bonds is 3. The summed E-state index contributed by atoms with van der Waals surface area (Å²) >= 11 is 5.88. The van der Waals surface area contributed by atoms with E-state index >= 15 is 0 Å². The van der Waals surface area contributed by atoms with Gasteiger partial charge in [0.2, 0.25) is 11.8 Å². The second kappa shape index (κ2) is 8.96. The van der Waals surface area contributed by atoms with E-state index in [2.05, 4.69) is 5.43 Å². The van der Waals surface area contributed by atoms with Crippen molar-refractivity contribution in [2.24, 2.45) is 0 Å². The summed E-state index contributed by atoms with van der Waals surface area (Å²) in [6.07, 6.45) is 0.291. The molecule has 2 saturated heterocycles. The maximum absolute atomic E-state index is 14.0. The first-order chi connectivity index (χ1) is 15.3. The Bertz CT molecular complexity index is 1080. The van der Waals surface area contributed by atoms with Crippen LogP contribution < -0.4 is 10.4 Å². The largest absolute Gasteiger partial charge is 0.335 e. The molecule has 0 atom stereocenters. The molecular weight excluding hydrogens is 439 g/mol. The molecule has 166 valence electrons. The van der Waals surface area contributed by atoms with Crippen molar-refractivity contribution >= 4 is 40.9 Å². The van der Waals surface area contributed by atoms with Crippen molar-refractivity contribution in [3.8, 4) is 0 Å². The number of carbonyl (C=O) groups is 4. The van der Waals surface area contributed by atoms with E-state index in [0.717, 1.165) is 6.07 Å². The van der Waals surface area contributed by atoms with Gasteiger partial charge < -0.3 is 9.80 Å². The zero-order valence-electron chi connectivity index (χ0n) is 17.0. The minimum absolute atomic E-state index is 0.0905. The molecule has 0 saturated carbocycles. The molecule has 1 N–H and O–H groups in total. The lowest BCUT2D eigenvalue weighted by Gasteiger charge is -2.35. The molecule has 2 heterocycles. The first kappa shape index (κ1) is 21.8. The number of carbonyl (C=O) groups excluding carboxylic acids is 4. The number of benzene rings is 2. The predicted molar refractivity (Wildman–Crippen MR) is 115 cm³/mol. The van der Waals surface area contributed by atoms with Gasteiger partial charge in [0.05, 0.1) is 11.3 Å². The van der Waals surface area contributed by atoms with Gasteiger partial charge in [-0.05, 0) is 42.5 Å². The molecular formula is C22H20ClFN4O4. The molecule has 2 fully saturated rings. The lowest BCUT2D eigenvalue weighted by molar-refractivity contribution is -0.130. The van der Waals surface area contributed by atoms with Gasteiger partial charge in [-0.3, -0.25) is 24.6 Å². The van der Waals surface area contributed by atoms with Gasteiger partial charge >= 0.3 is 0 Å². The van der Waals surface area contributed by atoms with Crippen LogP contribution in [0.4, 0.5) is 10.1 Å². The Balaban J connectivity index is 1.38. The summed E-state index contributed by atoms with van der Waals surface area (Å²) < 4.78 is 14.0. The van der Waals surface area contributed by atoms with Gasteiger partial charge in [-0.15, -0.1) is 0 Å². The standard InChI is InChI=1S/C22H20ClFN4O4/c23-15-3-6-18(24)17(13-15)22(32)27-11-9-26(10-12-27)21(31)14-1-4-16(5-2-14)28-20(30)8-7-19(29)25-28/h1-6,13H,7-12H2,(H,25,29). The van der Waals surface area contributed by atoms with E-state index < -0.39 is 11.7 Å². The van der Waals surface area contributed by atoms with Crippen LogP contribution >= 0.6 is 11.6 Å². The Morgan fingerprint density at radius 3 is 2.16 bits per heavy atom. The third-order valence-electron chi connectivity index (χ3n) is 5.44. The summed E-state index contributed by atoms with van der Waals surface area (Å²) in [6.45, 7) is 1.14. The Kier molecular flexibility index (Phi) is 6.09. The lowest BCUT2D eigenvalue weighted by atomic mass is 10.1. The molecule has 4 amide bonds. The number of nitrogens with one attached hydrogen (secondary N) is 1. The lowest BCUT2D eigenvalue weighted by Crippen LogP contribution is -2.51. The fourth-order valence-corrected chi connectivity index (χ4v) is 3.84. The fourth-order valence-electron chi connectivity index (χ4n) is 3.66. The second-order valence-corrected chi connectivity index (χ2v) is 7.96. The summed E-state index contributed by atoms with van der Waals surface area (Å²) in [5.74, 6) is -1.78. The normalized spacial score (nSPS) is 16.8. The van der Waals surface area contributed by atoms with Gasteiger partial charge in [0.25, 0.3) is 11.8 Å². The number of hydrazine groups is 1. The molecule has 2 aromatic rings. The SMILES string of the molecule is O=C1CCC(=O)N(c2ccc(C(=O)N3CCN(C(=O)c4cc(Cl)ccc4F)CC3)cc2)N1. The number of amides is 4. The second-order valence-electron chi connectivity index (χ2n) is 7.52. The molecule has 32 heavy (non-hydrogen) atoms. The number of hydrogen-bond acceptors (Lipinski definition) is 4. The molecule has 10 heteroatoms. The van der Waals surface area contributed by atoms with E-state index in [1.807, 2.05) is 0 Å². The minimum atomic E-state index is -0.638. The Labute approximate surface area is 188 Å². The van der Waals surface area contributed by atoms with Crippen LogP contribution in [0, 0.1) is 5.82 Å². The average Bonchev–Trinajstić information content (AvgIpc) is 2.81. The molecule has 8 nitrogen and oxygen atoms in total. The third-order valence-corrected chi connectivity index (χ3v) is 5.67. The van der Waals surface area contributed by atoms with Crippen molar-refractivity contribution in [1.82, 2.24) is 15.2 Å². The van der Waals surface area contributed by atoms with Crippen LogP contribution in [0.15, 0.2) is 42.5 Å². The summed E-state index contributed by atoms with van der Waals surface area (Å²) in [7, 11) is 0. The van der Waals surface area contributed by atoms with Crippen molar-refractivity contribution in [2.45, 2.75) is 12.8 Å². The molecule has 4 rings (SSSR count). The maximum atomic E-state index is 14.0. The molecule has 0 aromatic heterocycles. The van der Waals surface area contributed by atoms with Gasteiger partial charge in [-0.25, -0.2) is 9.40 Å². The molecule has 2 aromatic carbocycles. The fraction of sp³-hybridized carbons (Fsp3) is 0.273. The summed E-state index contributed by atoms with van der Waals surface area (Å²) in [6, 6.07) is 10.2. The van der Waals surface area contributed by atoms with E-state index in [4.69, 9.17) is 11.6 Å². The van der Waals surface area contributed by atoms with Crippen LogP contribution in [0.5, 0.6) is 0 Å². The Morgan fingerprint density at radius 1 is 0.875 bits per heavy atom. The van der Waals surface area contributed by atoms with Crippen molar-refractivity contribution < 1.29 is 23.6 Å². The Hall–Kier alpha value is -3.46. The average molecular weight is 459 g/mol. The van der Waals surface area contributed by atoms with E-state index in [9.17, 15) is 23.6 Å². The van der Waals surface area contributed by atoms with Gasteiger partial charge in [-0.2, -0.15) is 0 Å². The smallest absolute Gasteiger partial charge is 0.257 e. The van der Waals surface area contributed by atoms with E-state index in [-0.39, 0.29) is 54.2 Å². The molecule has 0 bridgehead atoms. The molecule has 0 aliphatic carbocycles. The number of halogens is 2. The van der Waals surface area contributed by atoms with E-state index in [0.29, 0.717) is 24.3 Å². The molecule has 0 unspecified atom stereocenters. The van der Waals surface area contributed by atoms with Gasteiger partial charge in [-0.1, -0.05) is 11.6 Å². The highest BCUT2D eigenvalue weighted by molar-refractivity contribution is 6.31. The maximum Gasteiger partial charge on any atom is 0.257 e. The summed E-state index contributed by atoms with van der Waals surface area (Å²) in [5, 5.41) is 1.46. The quantitative estimate of drug-likeness (QED) is 0.763. The first-order valence-electron chi connectivity index (χ1n) is 10.1. The number of anilines is 1. The van der Waals surface area contributed by atoms with Crippen LogP contribution in [-0.2, 0) is 9.59 Å². The summed E-state index contributed by atoms with van der Waals surface area (Å²) in [4.78, 5) is 52.1. The Morgan fingerprint density at radius 2 is 1.50 bits per heavy atom. The molecule has 0 spiro atoms. The highest BCUT2D eigenvalue weighted by Crippen LogP contribution is 2.20. The monoisotopic (exact) mass is 458 g/mol. The van der Waals surface area contributed by atoms with Gasteiger partial charge in [0.1, 0.15) is 5.82 Å². The number of nitrogens with zero attached hydrogens (tertiary/aromatic N) is 3. The highest BCUT2D eigenvalue weighted by Gasteiger charge is 2.28. The van der Waals surface area contributed by atoms with E-state index in [1.165, 1.54) is 22.0 Å². The topological polar surface area (TPSA) is 90.0 Å². The number of piperazine rings is 1. The van der Waals surface area contributed by atoms with Crippen molar-refractivity contribution in [3.05, 3.63) is 64.4 Å². The molecule has 2 aliphatic rings. The van der Waals surface area contributed by atoms with E-state index in [1.54, 1.807) is 29.2 Å². The van der Waals surface area contributed by atoms with Crippen LogP contribution in [-0.4, -0.2) is 59.6 Å². The van der Waals surface area contributed by atoms with Gasteiger partial charge in [0, 0.05) is 49.6 Å². The van der Waals surface area contributed by atoms with Crippen molar-refractivity contribution in [3.63, 3.8) is 0 Å². The highest BCUT2D eigenvalue weighted by atomic mass is 35.5. The first-order valence-corrected chi connectivity index (χ1v) is 10.5. The van der Waals surface area contributed by atoms with Crippen LogP contribution in [0.2, 0.25) is 5.02 Å². The molecule has 2 aliphatic heterocycles. The summed E-state index contributed by atoms with van der Waals surface area (Å²) in [5.41, 5.74) is 3.31. The third kappa shape index (κ3) is 4.43. The minimum Gasteiger partial charge on any atom is -0.335 e. The zero-order chi connectivity index (χ0) is 22.8. The van der Waals surface area contributed by atoms with Gasteiger partial charge in [0.15, 0.2) is 0 Å².